The molecule has 0 radical (unpaired) electrons. The lowest BCUT2D eigenvalue weighted by atomic mass is 10.0. The standard InChI is InChI=1S/C15H18N2O2/c1-8-3-2-4-11(15(8)17(18)19)16-14-12-9-5-6-10(7-9)13(12)14/h2-4,9-10,12-14,16H,5-7H2,1H3. The minimum Gasteiger partial charge on any atom is -0.376 e. The van der Waals surface area contributed by atoms with Gasteiger partial charge in [-0.05, 0) is 55.9 Å². The highest BCUT2D eigenvalue weighted by Gasteiger charge is 2.65. The maximum Gasteiger partial charge on any atom is 0.295 e. The maximum atomic E-state index is 11.2. The Balaban J connectivity index is 1.59. The minimum absolute atomic E-state index is 0.250. The van der Waals surface area contributed by atoms with Crippen LogP contribution in [-0.2, 0) is 0 Å². The molecule has 4 heteroatoms. The van der Waals surface area contributed by atoms with Gasteiger partial charge in [-0.1, -0.05) is 12.1 Å². The average molecular weight is 258 g/mol. The zero-order chi connectivity index (χ0) is 13.1. The van der Waals surface area contributed by atoms with Gasteiger partial charge in [0.05, 0.1) is 4.92 Å². The molecule has 4 unspecified atom stereocenters. The molecule has 3 aliphatic carbocycles. The third-order valence-electron chi connectivity index (χ3n) is 5.48. The molecule has 0 aliphatic heterocycles. The number of nitrogens with zero attached hydrogens (tertiary/aromatic N) is 1. The Morgan fingerprint density at radius 1 is 1.26 bits per heavy atom. The number of nitrogens with one attached hydrogen (secondary N) is 1. The Labute approximate surface area is 112 Å². The number of fused-ring (bicyclic) bond motifs is 5. The monoisotopic (exact) mass is 258 g/mol. The summed E-state index contributed by atoms with van der Waals surface area (Å²) in [4.78, 5) is 10.9. The molecule has 0 aromatic heterocycles. The summed E-state index contributed by atoms with van der Waals surface area (Å²) in [6, 6.07) is 6.05. The summed E-state index contributed by atoms with van der Waals surface area (Å²) in [5.41, 5.74) is 1.70. The van der Waals surface area contributed by atoms with Crippen molar-refractivity contribution in [3.63, 3.8) is 0 Å². The van der Waals surface area contributed by atoms with Gasteiger partial charge in [0.25, 0.3) is 5.69 Å². The summed E-state index contributed by atoms with van der Waals surface area (Å²) in [6.45, 7) is 1.81. The van der Waals surface area contributed by atoms with Gasteiger partial charge in [-0.2, -0.15) is 0 Å². The number of nitro benzene ring substituents is 1. The molecule has 3 fully saturated rings. The summed E-state index contributed by atoms with van der Waals surface area (Å²) in [5.74, 6) is 3.35. The summed E-state index contributed by atoms with van der Waals surface area (Å²) < 4.78 is 0. The third-order valence-corrected chi connectivity index (χ3v) is 5.48. The van der Waals surface area contributed by atoms with E-state index in [0.29, 0.717) is 11.7 Å². The van der Waals surface area contributed by atoms with Crippen molar-refractivity contribution in [1.82, 2.24) is 0 Å². The minimum atomic E-state index is -0.259. The van der Waals surface area contributed by atoms with E-state index in [1.807, 2.05) is 12.1 Å². The topological polar surface area (TPSA) is 55.2 Å². The lowest BCUT2D eigenvalue weighted by Crippen LogP contribution is -2.14. The van der Waals surface area contributed by atoms with Crippen molar-refractivity contribution in [2.75, 3.05) is 5.32 Å². The lowest BCUT2D eigenvalue weighted by Gasteiger charge is -2.12. The van der Waals surface area contributed by atoms with Gasteiger partial charge in [-0.15, -0.1) is 0 Å². The average Bonchev–Trinajstić information content (AvgIpc) is 2.78. The van der Waals surface area contributed by atoms with E-state index in [-0.39, 0.29) is 10.6 Å². The predicted molar refractivity (Wildman–Crippen MR) is 73.1 cm³/mol. The molecule has 100 valence electrons. The predicted octanol–water partition coefficient (Wildman–Crippen LogP) is 3.36. The van der Waals surface area contributed by atoms with Gasteiger partial charge in [0.2, 0.25) is 0 Å². The number of para-hydroxylation sites is 1. The Bertz CT molecular complexity index is 541. The summed E-state index contributed by atoms with van der Waals surface area (Å²) in [7, 11) is 0. The first-order chi connectivity index (χ1) is 9.16. The number of hydrogen-bond acceptors (Lipinski definition) is 3. The maximum absolute atomic E-state index is 11.2. The molecule has 0 spiro atoms. The van der Waals surface area contributed by atoms with Crippen LogP contribution in [0.3, 0.4) is 0 Å². The summed E-state index contributed by atoms with van der Waals surface area (Å²) in [5, 5.41) is 14.7. The molecular weight excluding hydrogens is 240 g/mol. The van der Waals surface area contributed by atoms with Gasteiger partial charge in [-0.3, -0.25) is 10.1 Å². The first kappa shape index (κ1) is 11.3. The number of anilines is 1. The summed E-state index contributed by atoms with van der Waals surface area (Å²) >= 11 is 0. The van der Waals surface area contributed by atoms with Crippen LogP contribution < -0.4 is 5.32 Å². The van der Waals surface area contributed by atoms with E-state index in [0.717, 1.165) is 29.2 Å². The highest BCUT2D eigenvalue weighted by Crippen LogP contribution is 2.66. The Morgan fingerprint density at radius 3 is 2.58 bits per heavy atom. The van der Waals surface area contributed by atoms with Crippen LogP contribution in [0.4, 0.5) is 11.4 Å². The largest absolute Gasteiger partial charge is 0.376 e. The van der Waals surface area contributed by atoms with Crippen LogP contribution in [0.5, 0.6) is 0 Å². The van der Waals surface area contributed by atoms with Crippen LogP contribution in [0.2, 0.25) is 0 Å². The van der Waals surface area contributed by atoms with Crippen molar-refractivity contribution in [3.8, 4) is 0 Å². The van der Waals surface area contributed by atoms with E-state index < -0.39 is 0 Å². The van der Waals surface area contributed by atoms with Crippen LogP contribution in [0.1, 0.15) is 24.8 Å². The smallest absolute Gasteiger partial charge is 0.295 e. The Morgan fingerprint density at radius 2 is 1.95 bits per heavy atom. The van der Waals surface area contributed by atoms with Crippen molar-refractivity contribution < 1.29 is 4.92 Å². The van der Waals surface area contributed by atoms with Crippen LogP contribution in [0, 0.1) is 40.7 Å². The van der Waals surface area contributed by atoms with Gasteiger partial charge in [0.1, 0.15) is 5.69 Å². The number of rotatable bonds is 3. The highest BCUT2D eigenvalue weighted by atomic mass is 16.6. The van der Waals surface area contributed by atoms with E-state index in [1.54, 1.807) is 13.0 Å². The van der Waals surface area contributed by atoms with Crippen molar-refractivity contribution in [1.29, 1.82) is 0 Å². The van der Waals surface area contributed by atoms with Gasteiger partial charge in [-0.25, -0.2) is 0 Å². The number of nitro groups is 1. The second-order valence-electron chi connectivity index (χ2n) is 6.39. The fourth-order valence-electron chi connectivity index (χ4n) is 4.72. The second-order valence-corrected chi connectivity index (χ2v) is 6.39. The van der Waals surface area contributed by atoms with E-state index in [1.165, 1.54) is 19.3 Å². The van der Waals surface area contributed by atoms with Crippen molar-refractivity contribution in [3.05, 3.63) is 33.9 Å². The number of aryl methyl sites for hydroxylation is 1. The zero-order valence-electron chi connectivity index (χ0n) is 11.0. The molecular formula is C15H18N2O2. The fraction of sp³-hybridized carbons (Fsp3) is 0.600. The van der Waals surface area contributed by atoms with Crippen molar-refractivity contribution >= 4 is 11.4 Å². The van der Waals surface area contributed by atoms with Crippen LogP contribution in [-0.4, -0.2) is 11.0 Å². The van der Waals surface area contributed by atoms with Gasteiger partial charge >= 0.3 is 0 Å². The quantitative estimate of drug-likeness (QED) is 0.668. The molecule has 4 nitrogen and oxygen atoms in total. The molecule has 3 aliphatic rings. The third kappa shape index (κ3) is 1.52. The fourth-order valence-corrected chi connectivity index (χ4v) is 4.72. The van der Waals surface area contributed by atoms with Gasteiger partial charge in [0, 0.05) is 11.6 Å². The van der Waals surface area contributed by atoms with Crippen LogP contribution in [0.15, 0.2) is 18.2 Å². The highest BCUT2D eigenvalue weighted by molar-refractivity contribution is 5.66. The van der Waals surface area contributed by atoms with Crippen molar-refractivity contribution in [2.24, 2.45) is 23.7 Å². The second kappa shape index (κ2) is 3.71. The molecule has 1 aromatic carbocycles. The van der Waals surface area contributed by atoms with E-state index in [2.05, 4.69) is 5.32 Å². The van der Waals surface area contributed by atoms with E-state index in [9.17, 15) is 10.1 Å². The normalized spacial score (nSPS) is 38.1. The molecule has 2 bridgehead atoms. The van der Waals surface area contributed by atoms with Crippen molar-refractivity contribution in [2.45, 2.75) is 32.2 Å². The Hall–Kier alpha value is -1.58. The Kier molecular flexibility index (Phi) is 2.20. The molecule has 3 saturated carbocycles. The molecule has 0 amide bonds. The molecule has 1 N–H and O–H groups in total. The molecule has 0 saturated heterocycles. The molecule has 0 heterocycles. The summed E-state index contributed by atoms with van der Waals surface area (Å²) in [6.07, 6.45) is 4.16. The SMILES string of the molecule is Cc1cccc(NC2C3C4CCC(C4)C23)c1[N+](=O)[O-]. The van der Waals surface area contributed by atoms with E-state index >= 15 is 0 Å². The van der Waals surface area contributed by atoms with Gasteiger partial charge < -0.3 is 5.32 Å². The molecule has 4 atom stereocenters. The van der Waals surface area contributed by atoms with Crippen LogP contribution >= 0.6 is 0 Å². The number of hydrogen-bond donors (Lipinski definition) is 1. The number of benzene rings is 1. The molecule has 1 aromatic rings. The zero-order valence-corrected chi connectivity index (χ0v) is 11.0. The van der Waals surface area contributed by atoms with E-state index in [4.69, 9.17) is 0 Å². The molecule has 4 rings (SSSR count). The van der Waals surface area contributed by atoms with Gasteiger partial charge in [0.15, 0.2) is 0 Å². The van der Waals surface area contributed by atoms with Crippen LogP contribution in [0.25, 0.3) is 0 Å². The molecule has 19 heavy (non-hydrogen) atoms. The first-order valence-electron chi connectivity index (χ1n) is 7.17. The lowest BCUT2D eigenvalue weighted by molar-refractivity contribution is -0.384. The first-order valence-corrected chi connectivity index (χ1v) is 7.17.